The van der Waals surface area contributed by atoms with Crippen molar-refractivity contribution in [3.63, 3.8) is 0 Å². The Kier molecular flexibility index (Phi) is 3.16. The van der Waals surface area contributed by atoms with Crippen molar-refractivity contribution in [2.24, 2.45) is 0 Å². The van der Waals surface area contributed by atoms with Crippen molar-refractivity contribution in [3.05, 3.63) is 11.9 Å². The highest BCUT2D eigenvalue weighted by molar-refractivity contribution is 5.92. The molecule has 0 aliphatic rings. The van der Waals surface area contributed by atoms with Crippen molar-refractivity contribution in [2.45, 2.75) is 19.4 Å². The Morgan fingerprint density at radius 3 is 2.93 bits per heavy atom. The molecular formula is C7H10N4O3. The van der Waals surface area contributed by atoms with Crippen LogP contribution in [-0.4, -0.2) is 38.4 Å². The molecule has 1 amide bonds. The van der Waals surface area contributed by atoms with E-state index in [4.69, 9.17) is 5.11 Å². The summed E-state index contributed by atoms with van der Waals surface area (Å²) in [7, 11) is 0. The Bertz CT molecular complexity index is 322. The lowest BCUT2D eigenvalue weighted by Crippen LogP contribution is -2.34. The van der Waals surface area contributed by atoms with E-state index in [-0.39, 0.29) is 12.1 Å². The maximum atomic E-state index is 11.3. The van der Waals surface area contributed by atoms with Crippen molar-refractivity contribution < 1.29 is 14.7 Å². The highest BCUT2D eigenvalue weighted by atomic mass is 16.4. The van der Waals surface area contributed by atoms with E-state index in [0.29, 0.717) is 0 Å². The molecule has 1 aromatic rings. The Morgan fingerprint density at radius 2 is 2.43 bits per heavy atom. The standard InChI is InChI=1S/C7H10N4O3/c1-4(2-6(12)13)9-7(14)5-3-8-11-10-5/h3-4H,2H2,1H3,(H,9,14)(H,12,13)(H,8,10,11). The maximum Gasteiger partial charge on any atom is 0.305 e. The summed E-state index contributed by atoms with van der Waals surface area (Å²) < 4.78 is 0. The van der Waals surface area contributed by atoms with E-state index in [9.17, 15) is 9.59 Å². The Labute approximate surface area is 79.5 Å². The molecule has 3 N–H and O–H groups in total. The summed E-state index contributed by atoms with van der Waals surface area (Å²) in [6.45, 7) is 1.60. The van der Waals surface area contributed by atoms with Crippen LogP contribution in [0.15, 0.2) is 6.20 Å². The summed E-state index contributed by atoms with van der Waals surface area (Å²) in [5.41, 5.74) is 0.141. The van der Waals surface area contributed by atoms with Gasteiger partial charge in [-0.15, -0.1) is 0 Å². The van der Waals surface area contributed by atoms with Crippen molar-refractivity contribution in [3.8, 4) is 0 Å². The predicted molar refractivity (Wildman–Crippen MR) is 45.6 cm³/mol. The first-order valence-electron chi connectivity index (χ1n) is 3.98. The number of hydrogen-bond donors (Lipinski definition) is 3. The number of nitrogens with one attached hydrogen (secondary N) is 2. The van der Waals surface area contributed by atoms with E-state index in [2.05, 4.69) is 20.7 Å². The van der Waals surface area contributed by atoms with Gasteiger partial charge in [0.1, 0.15) is 0 Å². The molecule has 1 aromatic heterocycles. The van der Waals surface area contributed by atoms with Gasteiger partial charge in [0.25, 0.3) is 5.91 Å². The molecule has 0 aromatic carbocycles. The van der Waals surface area contributed by atoms with E-state index in [0.717, 1.165) is 0 Å². The van der Waals surface area contributed by atoms with Gasteiger partial charge >= 0.3 is 5.97 Å². The largest absolute Gasteiger partial charge is 0.481 e. The average molecular weight is 198 g/mol. The zero-order chi connectivity index (χ0) is 10.6. The first-order valence-corrected chi connectivity index (χ1v) is 3.98. The zero-order valence-corrected chi connectivity index (χ0v) is 7.52. The minimum absolute atomic E-state index is 0.121. The van der Waals surface area contributed by atoms with Gasteiger partial charge in [-0.05, 0) is 6.92 Å². The summed E-state index contributed by atoms with van der Waals surface area (Å²) in [6.07, 6.45) is 1.15. The van der Waals surface area contributed by atoms with E-state index < -0.39 is 17.9 Å². The van der Waals surface area contributed by atoms with Gasteiger partial charge in [0.05, 0.1) is 12.6 Å². The van der Waals surface area contributed by atoms with Gasteiger partial charge in [0.2, 0.25) is 0 Å². The number of carbonyl (C=O) groups is 2. The van der Waals surface area contributed by atoms with Gasteiger partial charge in [-0.3, -0.25) is 9.59 Å². The Hall–Kier alpha value is -1.92. The number of carboxylic acids is 1. The lowest BCUT2D eigenvalue weighted by Gasteiger charge is -2.09. The highest BCUT2D eigenvalue weighted by Crippen LogP contribution is 1.94. The van der Waals surface area contributed by atoms with Gasteiger partial charge in [0.15, 0.2) is 5.69 Å². The van der Waals surface area contributed by atoms with Crippen LogP contribution in [0.4, 0.5) is 0 Å². The van der Waals surface area contributed by atoms with Gasteiger partial charge in [0, 0.05) is 6.04 Å². The second-order valence-electron chi connectivity index (χ2n) is 2.83. The lowest BCUT2D eigenvalue weighted by molar-refractivity contribution is -0.137. The number of H-pyrrole nitrogens is 1. The molecule has 0 aliphatic heterocycles. The maximum absolute atomic E-state index is 11.3. The molecule has 0 radical (unpaired) electrons. The molecule has 0 spiro atoms. The van der Waals surface area contributed by atoms with Crippen LogP contribution >= 0.6 is 0 Å². The number of carboxylic acid groups (broad SMARTS) is 1. The Morgan fingerprint density at radius 1 is 1.71 bits per heavy atom. The molecule has 1 heterocycles. The van der Waals surface area contributed by atoms with Crippen LogP contribution in [0.3, 0.4) is 0 Å². The average Bonchev–Trinajstić information content (AvgIpc) is 2.53. The molecular weight excluding hydrogens is 188 g/mol. The van der Waals surface area contributed by atoms with E-state index >= 15 is 0 Å². The van der Waals surface area contributed by atoms with E-state index in [1.54, 1.807) is 6.92 Å². The number of hydrogen-bond acceptors (Lipinski definition) is 4. The summed E-state index contributed by atoms with van der Waals surface area (Å²) in [6, 6.07) is -0.434. The van der Waals surface area contributed by atoms with Crippen LogP contribution in [0, 0.1) is 0 Å². The molecule has 1 rings (SSSR count). The van der Waals surface area contributed by atoms with Crippen molar-refractivity contribution in [1.82, 2.24) is 20.7 Å². The first-order chi connectivity index (χ1) is 6.59. The predicted octanol–water partition coefficient (Wildman–Crippen LogP) is -0.602. The third-order valence-electron chi connectivity index (χ3n) is 1.51. The van der Waals surface area contributed by atoms with E-state index in [1.165, 1.54) is 6.20 Å². The SMILES string of the molecule is CC(CC(=O)O)NC(=O)c1cn[nH]n1. The number of aromatic nitrogens is 3. The minimum atomic E-state index is -0.960. The molecule has 7 nitrogen and oxygen atoms in total. The fourth-order valence-corrected chi connectivity index (χ4v) is 0.922. The van der Waals surface area contributed by atoms with Crippen LogP contribution in [0.1, 0.15) is 23.8 Å². The molecule has 14 heavy (non-hydrogen) atoms. The number of aliphatic carboxylic acids is 1. The second kappa shape index (κ2) is 4.35. The molecule has 0 bridgehead atoms. The first kappa shape index (κ1) is 10.2. The molecule has 0 saturated carbocycles. The summed E-state index contributed by atoms with van der Waals surface area (Å²) in [5.74, 6) is -1.40. The number of rotatable bonds is 4. The molecule has 0 saturated heterocycles. The third kappa shape index (κ3) is 2.85. The van der Waals surface area contributed by atoms with Crippen molar-refractivity contribution >= 4 is 11.9 Å². The highest BCUT2D eigenvalue weighted by Gasteiger charge is 2.13. The number of nitrogens with zero attached hydrogens (tertiary/aromatic N) is 2. The molecule has 1 atom stereocenters. The van der Waals surface area contributed by atoms with Crippen LogP contribution in [-0.2, 0) is 4.79 Å². The lowest BCUT2D eigenvalue weighted by atomic mass is 10.2. The van der Waals surface area contributed by atoms with Crippen molar-refractivity contribution in [2.75, 3.05) is 0 Å². The third-order valence-corrected chi connectivity index (χ3v) is 1.51. The Balaban J connectivity index is 2.45. The smallest absolute Gasteiger partial charge is 0.305 e. The minimum Gasteiger partial charge on any atom is -0.481 e. The van der Waals surface area contributed by atoms with Crippen molar-refractivity contribution in [1.29, 1.82) is 0 Å². The number of amides is 1. The van der Waals surface area contributed by atoms with Gasteiger partial charge < -0.3 is 10.4 Å². The van der Waals surface area contributed by atoms with Crippen LogP contribution in [0.5, 0.6) is 0 Å². The van der Waals surface area contributed by atoms with Crippen LogP contribution < -0.4 is 5.32 Å². The summed E-state index contributed by atoms with van der Waals surface area (Å²) in [4.78, 5) is 21.6. The topological polar surface area (TPSA) is 108 Å². The summed E-state index contributed by atoms with van der Waals surface area (Å²) in [5, 5.41) is 20.2. The number of carbonyl (C=O) groups excluding carboxylic acids is 1. The van der Waals surface area contributed by atoms with Gasteiger partial charge in [-0.25, -0.2) is 0 Å². The number of aromatic amines is 1. The van der Waals surface area contributed by atoms with Gasteiger partial charge in [-0.1, -0.05) is 0 Å². The molecule has 7 heteroatoms. The fourth-order valence-electron chi connectivity index (χ4n) is 0.922. The van der Waals surface area contributed by atoms with E-state index in [1.807, 2.05) is 0 Å². The molecule has 1 unspecified atom stereocenters. The summed E-state index contributed by atoms with van der Waals surface area (Å²) >= 11 is 0. The molecule has 0 fully saturated rings. The van der Waals surface area contributed by atoms with Crippen LogP contribution in [0.25, 0.3) is 0 Å². The van der Waals surface area contributed by atoms with Gasteiger partial charge in [-0.2, -0.15) is 15.4 Å². The van der Waals surface area contributed by atoms with Crippen LogP contribution in [0.2, 0.25) is 0 Å². The molecule has 76 valence electrons. The normalized spacial score (nSPS) is 12.1. The monoisotopic (exact) mass is 198 g/mol. The fraction of sp³-hybridized carbons (Fsp3) is 0.429. The quantitative estimate of drug-likeness (QED) is 0.598. The zero-order valence-electron chi connectivity index (χ0n) is 7.52. The second-order valence-corrected chi connectivity index (χ2v) is 2.83. The molecule has 0 aliphatic carbocycles.